The molecule has 1 saturated heterocycles. The minimum absolute atomic E-state index is 0.0824. The highest BCUT2D eigenvalue weighted by Crippen LogP contribution is 2.17. The van der Waals surface area contributed by atoms with Crippen LogP contribution in [0.3, 0.4) is 0 Å². The summed E-state index contributed by atoms with van der Waals surface area (Å²) < 4.78 is 5.62. The topological polar surface area (TPSA) is 67.6 Å². The summed E-state index contributed by atoms with van der Waals surface area (Å²) in [6.45, 7) is 7.15. The highest BCUT2D eigenvalue weighted by atomic mass is 16.5. The summed E-state index contributed by atoms with van der Waals surface area (Å²) in [6.07, 6.45) is 3.99. The molecule has 17 heavy (non-hydrogen) atoms. The van der Waals surface area contributed by atoms with Crippen molar-refractivity contribution in [3.63, 3.8) is 0 Å². The molecule has 3 N–H and O–H groups in total. The number of hydrazine groups is 1. The number of amides is 1. The smallest absolute Gasteiger partial charge is 0.233 e. The quantitative estimate of drug-likeness (QED) is 0.408. The lowest BCUT2D eigenvalue weighted by Gasteiger charge is -2.35. The van der Waals surface area contributed by atoms with Crippen molar-refractivity contribution in [1.82, 2.24) is 10.3 Å². The van der Waals surface area contributed by atoms with E-state index in [1.54, 1.807) is 0 Å². The zero-order valence-electron chi connectivity index (χ0n) is 10.9. The van der Waals surface area contributed by atoms with Crippen LogP contribution in [-0.4, -0.2) is 42.6 Å². The molecule has 1 rings (SSSR count). The summed E-state index contributed by atoms with van der Waals surface area (Å²) in [5, 5.41) is 0. The fourth-order valence-corrected chi connectivity index (χ4v) is 2.31. The highest BCUT2D eigenvalue weighted by Gasteiger charge is 2.22. The van der Waals surface area contributed by atoms with Crippen LogP contribution in [0.4, 0.5) is 0 Å². The highest BCUT2D eigenvalue weighted by molar-refractivity contribution is 5.75. The van der Waals surface area contributed by atoms with Crippen LogP contribution >= 0.6 is 0 Å². The van der Waals surface area contributed by atoms with Gasteiger partial charge in [-0.25, -0.2) is 5.84 Å². The fraction of sp³-hybridized carbons (Fsp3) is 0.917. The Balaban J connectivity index is 2.21. The molecule has 1 heterocycles. The minimum Gasteiger partial charge on any atom is -0.378 e. The van der Waals surface area contributed by atoms with Gasteiger partial charge in [-0.15, -0.1) is 0 Å². The van der Waals surface area contributed by atoms with Crippen LogP contribution in [0, 0.1) is 0 Å². The summed E-state index contributed by atoms with van der Waals surface area (Å²) >= 11 is 0. The molecule has 0 bridgehead atoms. The predicted molar refractivity (Wildman–Crippen MR) is 67.2 cm³/mol. The Kier molecular flexibility index (Phi) is 6.47. The molecule has 1 aliphatic rings. The molecule has 5 nitrogen and oxygen atoms in total. The molecular formula is C12H25N3O2. The Bertz CT molecular complexity index is 228. The van der Waals surface area contributed by atoms with E-state index in [-0.39, 0.29) is 5.91 Å². The van der Waals surface area contributed by atoms with E-state index in [0.717, 1.165) is 39.0 Å². The SMILES string of the molecule is CCOC1CCN(C(C)CCC(=O)NN)CC1. The van der Waals surface area contributed by atoms with Crippen molar-refractivity contribution in [2.45, 2.75) is 51.7 Å². The number of hydrogen-bond donors (Lipinski definition) is 2. The van der Waals surface area contributed by atoms with E-state index in [2.05, 4.69) is 17.2 Å². The van der Waals surface area contributed by atoms with Gasteiger partial charge in [0, 0.05) is 32.2 Å². The van der Waals surface area contributed by atoms with Crippen LogP contribution in [0.15, 0.2) is 0 Å². The van der Waals surface area contributed by atoms with Crippen molar-refractivity contribution in [3.05, 3.63) is 0 Å². The van der Waals surface area contributed by atoms with E-state index in [0.29, 0.717) is 18.6 Å². The molecule has 0 aliphatic carbocycles. The standard InChI is InChI=1S/C12H25N3O2/c1-3-17-11-6-8-15(9-7-11)10(2)4-5-12(16)14-13/h10-11H,3-9,13H2,1-2H3,(H,14,16). The number of nitrogens with two attached hydrogens (primary N) is 1. The average Bonchev–Trinajstić information content (AvgIpc) is 2.36. The van der Waals surface area contributed by atoms with E-state index in [1.807, 2.05) is 6.92 Å². The van der Waals surface area contributed by atoms with Gasteiger partial charge in [-0.05, 0) is 33.1 Å². The molecule has 1 fully saturated rings. The van der Waals surface area contributed by atoms with Crippen molar-refractivity contribution in [1.29, 1.82) is 0 Å². The van der Waals surface area contributed by atoms with E-state index >= 15 is 0 Å². The molecule has 0 aromatic carbocycles. The first kappa shape index (κ1) is 14.4. The molecule has 0 radical (unpaired) electrons. The first-order valence-corrected chi connectivity index (χ1v) is 6.52. The molecule has 0 saturated carbocycles. The zero-order valence-corrected chi connectivity index (χ0v) is 10.9. The largest absolute Gasteiger partial charge is 0.378 e. The number of nitrogens with zero attached hydrogens (tertiary/aromatic N) is 1. The number of nitrogens with one attached hydrogen (secondary N) is 1. The number of rotatable bonds is 6. The zero-order chi connectivity index (χ0) is 12.7. The van der Waals surface area contributed by atoms with Crippen molar-refractivity contribution in [2.24, 2.45) is 5.84 Å². The van der Waals surface area contributed by atoms with Gasteiger partial charge in [-0.2, -0.15) is 0 Å². The maximum Gasteiger partial charge on any atom is 0.233 e. The molecule has 100 valence electrons. The molecule has 5 heteroatoms. The minimum atomic E-state index is -0.0824. The normalized spacial score (nSPS) is 20.2. The van der Waals surface area contributed by atoms with Gasteiger partial charge in [0.25, 0.3) is 0 Å². The number of carbonyl (C=O) groups excluding carboxylic acids is 1. The predicted octanol–water partition coefficient (Wildman–Crippen LogP) is 0.646. The Morgan fingerprint density at radius 2 is 2.18 bits per heavy atom. The van der Waals surface area contributed by atoms with Crippen LogP contribution in [-0.2, 0) is 9.53 Å². The van der Waals surface area contributed by atoms with Gasteiger partial charge in [0.05, 0.1) is 6.10 Å². The summed E-state index contributed by atoms with van der Waals surface area (Å²) in [5.74, 6) is 4.98. The van der Waals surface area contributed by atoms with E-state index < -0.39 is 0 Å². The molecule has 1 aliphatic heterocycles. The van der Waals surface area contributed by atoms with Crippen LogP contribution in [0.2, 0.25) is 0 Å². The summed E-state index contributed by atoms with van der Waals surface area (Å²) in [6, 6.07) is 0.440. The maximum absolute atomic E-state index is 11.1. The number of carbonyl (C=O) groups is 1. The first-order chi connectivity index (χ1) is 8.17. The Morgan fingerprint density at radius 1 is 1.53 bits per heavy atom. The van der Waals surface area contributed by atoms with Crippen LogP contribution in [0.1, 0.15) is 39.5 Å². The fourth-order valence-electron chi connectivity index (χ4n) is 2.31. The second-order valence-electron chi connectivity index (χ2n) is 4.65. The number of likely N-dealkylation sites (tertiary alicyclic amines) is 1. The third kappa shape index (κ3) is 5.02. The van der Waals surface area contributed by atoms with E-state index in [4.69, 9.17) is 10.6 Å². The Labute approximate surface area is 104 Å². The lowest BCUT2D eigenvalue weighted by Crippen LogP contribution is -2.42. The molecule has 0 aromatic rings. The van der Waals surface area contributed by atoms with Crippen LogP contribution in [0.5, 0.6) is 0 Å². The monoisotopic (exact) mass is 243 g/mol. The van der Waals surface area contributed by atoms with Crippen molar-refractivity contribution < 1.29 is 9.53 Å². The number of piperidine rings is 1. The van der Waals surface area contributed by atoms with Gasteiger partial charge in [0.1, 0.15) is 0 Å². The molecule has 1 atom stereocenters. The molecule has 0 aromatic heterocycles. The average molecular weight is 243 g/mol. The first-order valence-electron chi connectivity index (χ1n) is 6.52. The van der Waals surface area contributed by atoms with Gasteiger partial charge >= 0.3 is 0 Å². The third-order valence-corrected chi connectivity index (χ3v) is 3.45. The second-order valence-corrected chi connectivity index (χ2v) is 4.65. The summed E-state index contributed by atoms with van der Waals surface area (Å²) in [7, 11) is 0. The number of ether oxygens (including phenoxy) is 1. The molecule has 0 spiro atoms. The lowest BCUT2D eigenvalue weighted by molar-refractivity contribution is -0.121. The third-order valence-electron chi connectivity index (χ3n) is 3.45. The lowest BCUT2D eigenvalue weighted by atomic mass is 10.0. The van der Waals surface area contributed by atoms with Gasteiger partial charge in [-0.3, -0.25) is 10.2 Å². The second kappa shape index (κ2) is 7.63. The van der Waals surface area contributed by atoms with Crippen molar-refractivity contribution >= 4 is 5.91 Å². The van der Waals surface area contributed by atoms with E-state index in [9.17, 15) is 4.79 Å². The van der Waals surface area contributed by atoms with Crippen LogP contribution < -0.4 is 11.3 Å². The Morgan fingerprint density at radius 3 is 2.71 bits per heavy atom. The van der Waals surface area contributed by atoms with Gasteiger partial charge in [0.15, 0.2) is 0 Å². The summed E-state index contributed by atoms with van der Waals surface area (Å²) in [5.41, 5.74) is 2.17. The van der Waals surface area contributed by atoms with Crippen LogP contribution in [0.25, 0.3) is 0 Å². The molecule has 1 unspecified atom stereocenters. The molecule has 1 amide bonds. The maximum atomic E-state index is 11.1. The van der Waals surface area contributed by atoms with Gasteiger partial charge in [0.2, 0.25) is 5.91 Å². The Hall–Kier alpha value is -0.650. The van der Waals surface area contributed by atoms with Crippen molar-refractivity contribution in [2.75, 3.05) is 19.7 Å². The van der Waals surface area contributed by atoms with Gasteiger partial charge < -0.3 is 9.64 Å². The van der Waals surface area contributed by atoms with Gasteiger partial charge in [-0.1, -0.05) is 0 Å². The molecular weight excluding hydrogens is 218 g/mol. The summed E-state index contributed by atoms with van der Waals surface area (Å²) in [4.78, 5) is 13.5. The van der Waals surface area contributed by atoms with E-state index in [1.165, 1.54) is 0 Å². The van der Waals surface area contributed by atoms with Crippen molar-refractivity contribution in [3.8, 4) is 0 Å². The number of hydrogen-bond acceptors (Lipinski definition) is 4.